The summed E-state index contributed by atoms with van der Waals surface area (Å²) in [6, 6.07) is 6.83. The molecule has 0 radical (unpaired) electrons. The molecule has 2 N–H and O–H groups in total. The van der Waals surface area contributed by atoms with Crippen LogP contribution in [0.2, 0.25) is 0 Å². The summed E-state index contributed by atoms with van der Waals surface area (Å²) in [5.74, 6) is 0.878. The number of nitrogens with one attached hydrogen (secondary N) is 2. The van der Waals surface area contributed by atoms with Crippen LogP contribution in [-0.2, 0) is 11.3 Å². The van der Waals surface area contributed by atoms with Crippen LogP contribution in [0.1, 0.15) is 23.4 Å². The van der Waals surface area contributed by atoms with Gasteiger partial charge in [-0.25, -0.2) is 4.99 Å². The number of guanidine groups is 1. The van der Waals surface area contributed by atoms with Crippen molar-refractivity contribution in [1.29, 1.82) is 0 Å². The summed E-state index contributed by atoms with van der Waals surface area (Å²) in [7, 11) is 0. The number of hydrogen-bond acceptors (Lipinski definition) is 5. The zero-order valence-electron chi connectivity index (χ0n) is 15.0. The molecule has 0 saturated carbocycles. The maximum atomic E-state index is 5.52. The van der Waals surface area contributed by atoms with E-state index in [2.05, 4.69) is 56.8 Å². The Balaban J connectivity index is 0.00000243. The van der Waals surface area contributed by atoms with Crippen LogP contribution in [0.15, 0.2) is 39.3 Å². The summed E-state index contributed by atoms with van der Waals surface area (Å²) >= 11 is 3.53. The first-order valence-electron chi connectivity index (χ1n) is 8.75. The van der Waals surface area contributed by atoms with Gasteiger partial charge >= 0.3 is 0 Å². The topological polar surface area (TPSA) is 48.9 Å². The van der Waals surface area contributed by atoms with Crippen LogP contribution in [0.5, 0.6) is 0 Å². The highest BCUT2D eigenvalue weighted by atomic mass is 127. The van der Waals surface area contributed by atoms with Crippen molar-refractivity contribution in [1.82, 2.24) is 15.5 Å². The van der Waals surface area contributed by atoms with Crippen molar-refractivity contribution >= 4 is 52.6 Å². The lowest BCUT2D eigenvalue weighted by Gasteiger charge is -2.34. The first-order valence-corrected chi connectivity index (χ1v) is 10.6. The Morgan fingerprint density at radius 1 is 1.27 bits per heavy atom. The van der Waals surface area contributed by atoms with E-state index >= 15 is 0 Å². The van der Waals surface area contributed by atoms with Gasteiger partial charge in [-0.15, -0.1) is 35.3 Å². The van der Waals surface area contributed by atoms with Crippen molar-refractivity contribution in [2.75, 3.05) is 39.4 Å². The van der Waals surface area contributed by atoms with Crippen molar-refractivity contribution in [2.24, 2.45) is 4.99 Å². The summed E-state index contributed by atoms with van der Waals surface area (Å²) in [5, 5.41) is 13.3. The molecule has 1 saturated heterocycles. The smallest absolute Gasteiger partial charge is 0.191 e. The minimum Gasteiger partial charge on any atom is -0.379 e. The van der Waals surface area contributed by atoms with E-state index in [1.54, 1.807) is 11.3 Å². The fourth-order valence-corrected chi connectivity index (χ4v) is 4.39. The van der Waals surface area contributed by atoms with Gasteiger partial charge in [-0.1, -0.05) is 6.07 Å². The third-order valence-corrected chi connectivity index (χ3v) is 5.87. The van der Waals surface area contributed by atoms with E-state index in [0.717, 1.165) is 45.4 Å². The number of ether oxygens (including phenoxy) is 1. The number of nitrogens with zero attached hydrogens (tertiary/aromatic N) is 2. The molecular formula is C18H27IN4OS2. The predicted molar refractivity (Wildman–Crippen MR) is 122 cm³/mol. The predicted octanol–water partition coefficient (Wildman–Crippen LogP) is 3.56. The molecule has 5 nitrogen and oxygen atoms in total. The molecule has 2 aromatic heterocycles. The van der Waals surface area contributed by atoms with Gasteiger partial charge in [0.2, 0.25) is 0 Å². The highest BCUT2D eigenvalue weighted by Gasteiger charge is 2.23. The maximum absolute atomic E-state index is 5.52. The highest BCUT2D eigenvalue weighted by Crippen LogP contribution is 2.25. The van der Waals surface area contributed by atoms with Gasteiger partial charge in [-0.3, -0.25) is 4.90 Å². The van der Waals surface area contributed by atoms with E-state index in [0.29, 0.717) is 12.6 Å². The Hall–Kier alpha value is -0.680. The summed E-state index contributed by atoms with van der Waals surface area (Å²) < 4.78 is 5.52. The highest BCUT2D eigenvalue weighted by molar-refractivity contribution is 14.0. The number of hydrogen-bond donors (Lipinski definition) is 2. The lowest BCUT2D eigenvalue weighted by atomic mass is 10.2. The lowest BCUT2D eigenvalue weighted by molar-refractivity contribution is 0.0177. The molecule has 144 valence electrons. The molecule has 1 atom stereocenters. The van der Waals surface area contributed by atoms with E-state index in [4.69, 9.17) is 9.73 Å². The van der Waals surface area contributed by atoms with Crippen LogP contribution in [-0.4, -0.2) is 50.3 Å². The SMILES string of the molecule is CCNC(=NCc1ccsc1)NCC(c1cccs1)N1CCOCC1.I. The standard InChI is InChI=1S/C18H26N4OS2.HI/c1-2-19-18(20-12-15-5-11-24-14-15)21-13-16(17-4-3-10-25-17)22-6-8-23-9-7-22;/h3-5,10-11,14,16H,2,6-9,12-13H2,1H3,(H2,19,20,21);1H. The molecule has 1 aliphatic heterocycles. The molecule has 0 bridgehead atoms. The zero-order chi connectivity index (χ0) is 17.3. The van der Waals surface area contributed by atoms with Gasteiger partial charge < -0.3 is 15.4 Å². The third kappa shape index (κ3) is 6.49. The minimum absolute atomic E-state index is 0. The number of aliphatic imine (C=N–C) groups is 1. The quantitative estimate of drug-likeness (QED) is 0.343. The molecule has 3 rings (SSSR count). The normalized spacial score (nSPS) is 16.7. The van der Waals surface area contributed by atoms with E-state index in [-0.39, 0.29) is 24.0 Å². The van der Waals surface area contributed by atoms with Gasteiger partial charge in [-0.2, -0.15) is 11.3 Å². The van der Waals surface area contributed by atoms with Crippen LogP contribution in [0, 0.1) is 0 Å². The molecule has 3 heterocycles. The summed E-state index contributed by atoms with van der Waals surface area (Å²) in [5.41, 5.74) is 1.25. The van der Waals surface area contributed by atoms with Crippen molar-refractivity contribution < 1.29 is 4.74 Å². The molecule has 0 aliphatic carbocycles. The number of rotatable bonds is 7. The lowest BCUT2D eigenvalue weighted by Crippen LogP contribution is -2.46. The Morgan fingerprint density at radius 3 is 2.77 bits per heavy atom. The average Bonchev–Trinajstić information content (AvgIpc) is 3.35. The van der Waals surface area contributed by atoms with Gasteiger partial charge in [0.1, 0.15) is 0 Å². The largest absolute Gasteiger partial charge is 0.379 e. The van der Waals surface area contributed by atoms with Crippen molar-refractivity contribution in [3.05, 3.63) is 44.8 Å². The minimum atomic E-state index is 0. The third-order valence-electron chi connectivity index (χ3n) is 4.16. The number of halogens is 1. The van der Waals surface area contributed by atoms with Crippen LogP contribution >= 0.6 is 46.7 Å². The second kappa shape index (κ2) is 11.9. The molecule has 0 spiro atoms. The first-order chi connectivity index (χ1) is 12.4. The fourth-order valence-electron chi connectivity index (χ4n) is 2.87. The van der Waals surface area contributed by atoms with Crippen LogP contribution in [0.4, 0.5) is 0 Å². The van der Waals surface area contributed by atoms with E-state index in [1.807, 2.05) is 11.3 Å². The van der Waals surface area contributed by atoms with Crippen molar-refractivity contribution in [2.45, 2.75) is 19.5 Å². The molecule has 1 aliphatic rings. The Labute approximate surface area is 180 Å². The molecule has 2 aromatic rings. The van der Waals surface area contributed by atoms with Crippen molar-refractivity contribution in [3.63, 3.8) is 0 Å². The molecule has 26 heavy (non-hydrogen) atoms. The zero-order valence-corrected chi connectivity index (χ0v) is 19.0. The Bertz CT molecular complexity index is 628. The number of morpholine rings is 1. The second-order valence-corrected chi connectivity index (χ2v) is 7.65. The summed E-state index contributed by atoms with van der Waals surface area (Å²) in [4.78, 5) is 8.61. The monoisotopic (exact) mass is 506 g/mol. The average molecular weight is 506 g/mol. The van der Waals surface area contributed by atoms with E-state index in [1.165, 1.54) is 10.4 Å². The Kier molecular flexibility index (Phi) is 9.91. The van der Waals surface area contributed by atoms with Crippen LogP contribution in [0.3, 0.4) is 0 Å². The van der Waals surface area contributed by atoms with Gasteiger partial charge in [0, 0.05) is 31.1 Å². The van der Waals surface area contributed by atoms with E-state index in [9.17, 15) is 0 Å². The molecule has 1 fully saturated rings. The second-order valence-electron chi connectivity index (χ2n) is 5.89. The maximum Gasteiger partial charge on any atom is 0.191 e. The molecular weight excluding hydrogens is 479 g/mol. The molecule has 8 heteroatoms. The van der Waals surface area contributed by atoms with E-state index < -0.39 is 0 Å². The van der Waals surface area contributed by atoms with Gasteiger partial charge in [-0.05, 0) is 40.8 Å². The molecule has 1 unspecified atom stereocenters. The molecule has 0 aromatic carbocycles. The Morgan fingerprint density at radius 2 is 2.12 bits per heavy atom. The summed E-state index contributed by atoms with van der Waals surface area (Å²) in [6.07, 6.45) is 0. The van der Waals surface area contributed by atoms with Crippen LogP contribution in [0.25, 0.3) is 0 Å². The van der Waals surface area contributed by atoms with Crippen LogP contribution < -0.4 is 10.6 Å². The number of thiophene rings is 2. The molecule has 0 amide bonds. The van der Waals surface area contributed by atoms with Gasteiger partial charge in [0.25, 0.3) is 0 Å². The van der Waals surface area contributed by atoms with Gasteiger partial charge in [0.05, 0.1) is 25.8 Å². The summed E-state index contributed by atoms with van der Waals surface area (Å²) in [6.45, 7) is 8.09. The fraction of sp³-hybridized carbons (Fsp3) is 0.500. The first kappa shape index (κ1) is 21.6. The van der Waals surface area contributed by atoms with Gasteiger partial charge in [0.15, 0.2) is 5.96 Å². The van der Waals surface area contributed by atoms with Crippen molar-refractivity contribution in [3.8, 4) is 0 Å².